The number of rotatable bonds is 6. The maximum atomic E-state index is 13.5. The van der Waals surface area contributed by atoms with Gasteiger partial charge in [-0.1, -0.05) is 55.8 Å². The van der Waals surface area contributed by atoms with E-state index in [9.17, 15) is 18.0 Å². The molecule has 7 heteroatoms. The number of anilines is 1. The van der Waals surface area contributed by atoms with E-state index in [1.165, 1.54) is 35.2 Å². The molecule has 3 aromatic carbocycles. The number of nitrogens with one attached hydrogen (secondary N) is 1. The van der Waals surface area contributed by atoms with Gasteiger partial charge in [-0.05, 0) is 42.3 Å². The summed E-state index contributed by atoms with van der Waals surface area (Å²) >= 11 is 0. The van der Waals surface area contributed by atoms with Crippen LogP contribution in [0.25, 0.3) is 0 Å². The first-order chi connectivity index (χ1) is 15.4. The Bertz CT molecular complexity index is 1270. The van der Waals surface area contributed by atoms with Crippen molar-refractivity contribution in [2.75, 3.05) is 11.4 Å². The lowest BCUT2D eigenvalue weighted by Crippen LogP contribution is -2.31. The van der Waals surface area contributed by atoms with Crippen molar-refractivity contribution in [2.24, 2.45) is 0 Å². The lowest BCUT2D eigenvalue weighted by atomic mass is 10.1. The average Bonchev–Trinajstić information content (AvgIpc) is 2.88. The van der Waals surface area contributed by atoms with E-state index in [-0.39, 0.29) is 33.5 Å². The van der Waals surface area contributed by atoms with Crippen LogP contribution in [0.5, 0.6) is 0 Å². The maximum absolute atomic E-state index is 13.5. The highest BCUT2D eigenvalue weighted by Crippen LogP contribution is 2.38. The molecule has 0 spiro atoms. The van der Waals surface area contributed by atoms with Gasteiger partial charge in [0.05, 0.1) is 27.6 Å². The largest absolute Gasteiger partial charge is 0.352 e. The minimum Gasteiger partial charge on any atom is -0.352 e. The summed E-state index contributed by atoms with van der Waals surface area (Å²) in [7, 11) is -3.95. The van der Waals surface area contributed by atoms with Gasteiger partial charge in [-0.2, -0.15) is 0 Å². The quantitative estimate of drug-likeness (QED) is 0.573. The van der Waals surface area contributed by atoms with Crippen LogP contribution in [0.15, 0.2) is 82.6 Å². The fraction of sp³-hybridized carbons (Fsp3) is 0.200. The summed E-state index contributed by atoms with van der Waals surface area (Å²) in [6, 6.07) is 20.0. The number of benzene rings is 3. The van der Waals surface area contributed by atoms with Gasteiger partial charge in [0.1, 0.15) is 0 Å². The van der Waals surface area contributed by atoms with E-state index in [4.69, 9.17) is 0 Å². The monoisotopic (exact) mass is 448 g/mol. The van der Waals surface area contributed by atoms with Gasteiger partial charge in [0, 0.05) is 12.1 Å². The Balaban J connectivity index is 1.87. The molecule has 0 atom stereocenters. The first kappa shape index (κ1) is 21.8. The smallest absolute Gasteiger partial charge is 0.259 e. The minimum atomic E-state index is -3.95. The topological polar surface area (TPSA) is 83.6 Å². The van der Waals surface area contributed by atoms with Gasteiger partial charge in [0.2, 0.25) is 9.84 Å². The Morgan fingerprint density at radius 2 is 1.66 bits per heavy atom. The first-order valence-electron chi connectivity index (χ1n) is 10.6. The van der Waals surface area contributed by atoms with Crippen molar-refractivity contribution in [3.8, 4) is 0 Å². The van der Waals surface area contributed by atoms with Crippen LogP contribution in [0, 0.1) is 0 Å². The van der Waals surface area contributed by atoms with E-state index < -0.39 is 15.7 Å². The van der Waals surface area contributed by atoms with Gasteiger partial charge in [-0.15, -0.1) is 0 Å². The molecule has 1 aliphatic heterocycles. The molecule has 1 aliphatic rings. The molecule has 0 aliphatic carbocycles. The number of carbonyl (C=O) groups excluding carboxylic acids is 2. The van der Waals surface area contributed by atoms with E-state index in [1.54, 1.807) is 12.1 Å². The van der Waals surface area contributed by atoms with Crippen molar-refractivity contribution >= 4 is 27.3 Å². The molecule has 0 unspecified atom stereocenters. The molecule has 4 rings (SSSR count). The highest BCUT2D eigenvalue weighted by atomic mass is 32.2. The predicted octanol–water partition coefficient (Wildman–Crippen LogP) is 4.21. The summed E-state index contributed by atoms with van der Waals surface area (Å²) in [5, 5.41) is 2.84. The number of fused-ring (bicyclic) bond motifs is 2. The molecular formula is C25H24N2O4S. The van der Waals surface area contributed by atoms with E-state index in [1.807, 2.05) is 37.3 Å². The maximum Gasteiger partial charge on any atom is 0.259 e. The van der Waals surface area contributed by atoms with Crippen molar-refractivity contribution in [3.05, 3.63) is 89.5 Å². The number of carbonyl (C=O) groups is 2. The Labute approximate surface area is 187 Å². The van der Waals surface area contributed by atoms with Crippen LogP contribution < -0.4 is 10.2 Å². The number of hydrogen-bond donors (Lipinski definition) is 1. The lowest BCUT2D eigenvalue weighted by Gasteiger charge is -2.23. The van der Waals surface area contributed by atoms with E-state index in [0.29, 0.717) is 12.1 Å². The van der Waals surface area contributed by atoms with Crippen LogP contribution in [0.1, 0.15) is 46.0 Å². The van der Waals surface area contributed by atoms with Crippen LogP contribution in [0.4, 0.5) is 5.69 Å². The standard InChI is InChI=1S/C25H24N2O4S/c1-2-3-15-26-24(28)19-13-14-23-21(16-19)27(17-18-9-5-4-6-10-18)25(29)20-11-7-8-12-22(20)32(23,30)31/h4-14,16H,2-3,15,17H2,1H3,(H,26,28). The van der Waals surface area contributed by atoms with Gasteiger partial charge in [-0.3, -0.25) is 9.59 Å². The van der Waals surface area contributed by atoms with E-state index in [0.717, 1.165) is 18.4 Å². The average molecular weight is 449 g/mol. The van der Waals surface area contributed by atoms with E-state index >= 15 is 0 Å². The second-order valence-electron chi connectivity index (χ2n) is 7.67. The normalized spacial score (nSPS) is 14.3. The Morgan fingerprint density at radius 3 is 2.41 bits per heavy atom. The molecule has 1 heterocycles. The molecule has 0 bridgehead atoms. The minimum absolute atomic E-state index is 0.0110. The third-order valence-electron chi connectivity index (χ3n) is 5.45. The first-order valence-corrected chi connectivity index (χ1v) is 12.0. The van der Waals surface area contributed by atoms with Gasteiger partial charge in [0.25, 0.3) is 11.8 Å². The van der Waals surface area contributed by atoms with Crippen molar-refractivity contribution in [1.29, 1.82) is 0 Å². The zero-order valence-corrected chi connectivity index (χ0v) is 18.6. The molecular weight excluding hydrogens is 424 g/mol. The number of unbranched alkanes of at least 4 members (excludes halogenated alkanes) is 1. The number of sulfone groups is 1. The molecule has 0 saturated carbocycles. The zero-order chi connectivity index (χ0) is 22.7. The molecule has 0 aromatic heterocycles. The van der Waals surface area contributed by atoms with Crippen molar-refractivity contribution in [1.82, 2.24) is 5.32 Å². The highest BCUT2D eigenvalue weighted by Gasteiger charge is 2.36. The van der Waals surface area contributed by atoms with Crippen molar-refractivity contribution in [2.45, 2.75) is 36.1 Å². The van der Waals surface area contributed by atoms with Crippen LogP contribution in [0.3, 0.4) is 0 Å². The van der Waals surface area contributed by atoms with Crippen LogP contribution in [-0.4, -0.2) is 26.8 Å². The second-order valence-corrected chi connectivity index (χ2v) is 9.55. The summed E-state index contributed by atoms with van der Waals surface area (Å²) in [5.41, 5.74) is 1.49. The molecule has 0 saturated heterocycles. The molecule has 6 nitrogen and oxygen atoms in total. The SMILES string of the molecule is CCCCNC(=O)c1ccc2c(c1)N(Cc1ccccc1)C(=O)c1ccccc1S2(=O)=O. The fourth-order valence-electron chi connectivity index (χ4n) is 3.75. The Hall–Kier alpha value is -3.45. The Morgan fingerprint density at radius 1 is 0.938 bits per heavy atom. The summed E-state index contributed by atoms with van der Waals surface area (Å²) < 4.78 is 26.9. The van der Waals surface area contributed by atoms with Gasteiger partial charge < -0.3 is 10.2 Å². The van der Waals surface area contributed by atoms with Gasteiger partial charge >= 0.3 is 0 Å². The number of nitrogens with zero attached hydrogens (tertiary/aromatic N) is 1. The molecule has 2 amide bonds. The number of hydrogen-bond acceptors (Lipinski definition) is 4. The van der Waals surface area contributed by atoms with Crippen LogP contribution in [-0.2, 0) is 16.4 Å². The Kier molecular flexibility index (Phi) is 6.10. The summed E-state index contributed by atoms with van der Waals surface area (Å²) in [4.78, 5) is 27.6. The fourth-order valence-corrected chi connectivity index (χ4v) is 5.38. The van der Waals surface area contributed by atoms with Crippen LogP contribution >= 0.6 is 0 Å². The van der Waals surface area contributed by atoms with Crippen molar-refractivity contribution < 1.29 is 18.0 Å². The summed E-state index contributed by atoms with van der Waals surface area (Å²) in [5.74, 6) is -0.720. The molecule has 3 aromatic rings. The third kappa shape index (κ3) is 4.03. The van der Waals surface area contributed by atoms with Gasteiger partial charge in [-0.25, -0.2) is 8.42 Å². The summed E-state index contributed by atoms with van der Waals surface area (Å²) in [6.45, 7) is 2.74. The van der Waals surface area contributed by atoms with Crippen LogP contribution in [0.2, 0.25) is 0 Å². The molecule has 0 fully saturated rings. The molecule has 164 valence electrons. The number of amides is 2. The highest BCUT2D eigenvalue weighted by molar-refractivity contribution is 7.91. The zero-order valence-electron chi connectivity index (χ0n) is 17.7. The summed E-state index contributed by atoms with van der Waals surface area (Å²) in [6.07, 6.45) is 1.79. The van der Waals surface area contributed by atoms with E-state index in [2.05, 4.69) is 5.32 Å². The predicted molar refractivity (Wildman–Crippen MR) is 123 cm³/mol. The van der Waals surface area contributed by atoms with Gasteiger partial charge in [0.15, 0.2) is 0 Å². The molecule has 1 N–H and O–H groups in total. The van der Waals surface area contributed by atoms with Crippen molar-refractivity contribution in [3.63, 3.8) is 0 Å². The lowest BCUT2D eigenvalue weighted by molar-refractivity contribution is 0.0949. The molecule has 0 radical (unpaired) electrons. The molecule has 32 heavy (non-hydrogen) atoms. The second kappa shape index (κ2) is 8.96. The third-order valence-corrected chi connectivity index (χ3v) is 7.31.